The zero-order valence-electron chi connectivity index (χ0n) is 16.9. The van der Waals surface area contributed by atoms with Gasteiger partial charge in [-0.05, 0) is 35.4 Å². The van der Waals surface area contributed by atoms with Crippen molar-refractivity contribution in [2.75, 3.05) is 38.8 Å². The number of hydrogen-bond donors (Lipinski definition) is 0. The Balaban J connectivity index is 1.46. The van der Waals surface area contributed by atoms with Gasteiger partial charge >= 0.3 is 0 Å². The molecule has 2 heterocycles. The minimum absolute atomic E-state index is 0.0341. The van der Waals surface area contributed by atoms with Crippen LogP contribution >= 0.6 is 23.5 Å². The fraction of sp³-hybridized carbons (Fsp3) is 0.364. The maximum Gasteiger partial charge on any atom is 0.233 e. The molecular formula is C22H24N2O4S2. The molecule has 2 atom stereocenters. The van der Waals surface area contributed by atoms with Crippen LogP contribution in [0.2, 0.25) is 0 Å². The van der Waals surface area contributed by atoms with E-state index in [2.05, 4.69) is 0 Å². The number of carbonyl (C=O) groups is 2. The molecule has 2 aromatic carbocycles. The molecule has 2 aromatic rings. The summed E-state index contributed by atoms with van der Waals surface area (Å²) in [7, 11) is 3.28. The van der Waals surface area contributed by atoms with Gasteiger partial charge in [0.1, 0.15) is 22.2 Å². The van der Waals surface area contributed by atoms with Crippen molar-refractivity contribution in [3.63, 3.8) is 0 Å². The zero-order chi connectivity index (χ0) is 21.1. The molecule has 0 aromatic heterocycles. The number of rotatable bonds is 7. The van der Waals surface area contributed by atoms with Gasteiger partial charge in [-0.25, -0.2) is 0 Å². The first-order chi connectivity index (χ1) is 14.6. The topological polar surface area (TPSA) is 59.1 Å². The maximum absolute atomic E-state index is 12.5. The van der Waals surface area contributed by atoms with Crippen molar-refractivity contribution in [1.29, 1.82) is 0 Å². The van der Waals surface area contributed by atoms with E-state index in [1.54, 1.807) is 37.7 Å². The van der Waals surface area contributed by atoms with E-state index in [1.165, 1.54) is 0 Å². The van der Waals surface area contributed by atoms with Crippen molar-refractivity contribution in [2.24, 2.45) is 0 Å². The average molecular weight is 445 g/mol. The molecule has 4 rings (SSSR count). The third-order valence-electron chi connectivity index (χ3n) is 5.32. The Morgan fingerprint density at radius 2 is 1.10 bits per heavy atom. The third kappa shape index (κ3) is 4.25. The van der Waals surface area contributed by atoms with Crippen LogP contribution in [0.25, 0.3) is 0 Å². The van der Waals surface area contributed by atoms with Gasteiger partial charge in [-0.3, -0.25) is 9.59 Å². The molecule has 2 aliphatic heterocycles. The van der Waals surface area contributed by atoms with Gasteiger partial charge in [-0.2, -0.15) is 0 Å². The van der Waals surface area contributed by atoms with Crippen LogP contribution in [0.3, 0.4) is 0 Å². The highest BCUT2D eigenvalue weighted by Crippen LogP contribution is 2.41. The summed E-state index contributed by atoms with van der Waals surface area (Å²) < 4.78 is 10.5. The SMILES string of the molecule is COc1ccc([C@H]2SCC(=O)N2CCN2C(=O)CS[C@@H]2c2ccc(OC)cc2)cc1. The van der Waals surface area contributed by atoms with Gasteiger partial charge in [0.15, 0.2) is 0 Å². The average Bonchev–Trinajstić information content (AvgIpc) is 3.34. The van der Waals surface area contributed by atoms with Crippen LogP contribution in [-0.4, -0.2) is 60.4 Å². The largest absolute Gasteiger partial charge is 0.497 e. The summed E-state index contributed by atoms with van der Waals surface area (Å²) in [5.74, 6) is 2.73. The number of methoxy groups -OCH3 is 2. The molecule has 158 valence electrons. The van der Waals surface area contributed by atoms with Gasteiger partial charge in [0.2, 0.25) is 11.8 Å². The van der Waals surface area contributed by atoms with E-state index >= 15 is 0 Å². The lowest BCUT2D eigenvalue weighted by Gasteiger charge is -2.29. The molecule has 8 heteroatoms. The first-order valence-corrected chi connectivity index (χ1v) is 11.8. The second-order valence-electron chi connectivity index (χ2n) is 7.05. The number of carbonyl (C=O) groups excluding carboxylic acids is 2. The van der Waals surface area contributed by atoms with E-state index in [4.69, 9.17) is 9.47 Å². The quantitative estimate of drug-likeness (QED) is 0.651. The maximum atomic E-state index is 12.5. The van der Waals surface area contributed by atoms with Crippen LogP contribution in [-0.2, 0) is 9.59 Å². The summed E-state index contributed by atoms with van der Waals surface area (Å²) >= 11 is 3.25. The highest BCUT2D eigenvalue weighted by molar-refractivity contribution is 8.00. The molecule has 0 N–H and O–H groups in total. The number of hydrogen-bond acceptors (Lipinski definition) is 6. The van der Waals surface area contributed by atoms with Crippen LogP contribution in [0.5, 0.6) is 11.5 Å². The molecule has 6 nitrogen and oxygen atoms in total. The molecule has 0 saturated carbocycles. The number of nitrogens with zero attached hydrogens (tertiary/aromatic N) is 2. The highest BCUT2D eigenvalue weighted by Gasteiger charge is 2.36. The lowest BCUT2D eigenvalue weighted by Crippen LogP contribution is -2.39. The molecule has 2 aliphatic rings. The molecule has 2 amide bonds. The summed E-state index contributed by atoms with van der Waals surface area (Å²) in [6.45, 7) is 1.03. The van der Waals surface area contributed by atoms with Gasteiger partial charge in [0, 0.05) is 13.1 Å². The van der Waals surface area contributed by atoms with Crippen molar-refractivity contribution in [1.82, 2.24) is 9.80 Å². The Labute approximate surface area is 184 Å². The standard InChI is InChI=1S/C22H24N2O4S2/c1-27-17-7-3-15(4-8-17)21-23(19(25)13-29-21)11-12-24-20(26)14-30-22(24)16-5-9-18(28-2)10-6-16/h3-10,21-22H,11-14H2,1-2H3/t21-,22-/m1/s1. The van der Waals surface area contributed by atoms with Crippen LogP contribution in [0, 0.1) is 0 Å². The van der Waals surface area contributed by atoms with E-state index in [1.807, 2.05) is 58.3 Å². The number of ether oxygens (including phenoxy) is 2. The van der Waals surface area contributed by atoms with Crippen LogP contribution in [0.1, 0.15) is 21.9 Å². The molecule has 0 unspecified atom stereocenters. The Hall–Kier alpha value is -2.32. The minimum atomic E-state index is -0.0341. The second kappa shape index (κ2) is 9.22. The fourth-order valence-corrected chi connectivity index (χ4v) is 6.13. The van der Waals surface area contributed by atoms with Gasteiger partial charge in [0.05, 0.1) is 25.7 Å². The molecular weight excluding hydrogens is 420 g/mol. The zero-order valence-corrected chi connectivity index (χ0v) is 18.6. The lowest BCUT2D eigenvalue weighted by atomic mass is 10.2. The highest BCUT2D eigenvalue weighted by atomic mass is 32.2. The number of thioether (sulfide) groups is 2. The van der Waals surface area contributed by atoms with Crippen molar-refractivity contribution in [2.45, 2.75) is 10.7 Å². The monoisotopic (exact) mass is 444 g/mol. The Bertz CT molecular complexity index is 829. The molecule has 0 bridgehead atoms. The predicted octanol–water partition coefficient (Wildman–Crippen LogP) is 3.55. The smallest absolute Gasteiger partial charge is 0.233 e. The third-order valence-corrected chi connectivity index (χ3v) is 7.83. The van der Waals surface area contributed by atoms with Gasteiger partial charge in [-0.1, -0.05) is 24.3 Å². The second-order valence-corrected chi connectivity index (χ2v) is 9.18. The van der Waals surface area contributed by atoms with E-state index in [0.29, 0.717) is 24.6 Å². The summed E-state index contributed by atoms with van der Waals surface area (Å²) in [5, 5.41) is -0.0681. The first kappa shape index (κ1) is 20.9. The predicted molar refractivity (Wildman–Crippen MR) is 120 cm³/mol. The number of amides is 2. The van der Waals surface area contributed by atoms with E-state index in [0.717, 1.165) is 22.6 Å². The summed E-state index contributed by atoms with van der Waals surface area (Å²) in [6, 6.07) is 15.7. The molecule has 0 radical (unpaired) electrons. The summed E-state index contributed by atoms with van der Waals surface area (Å²) in [4.78, 5) is 28.9. The van der Waals surface area contributed by atoms with Gasteiger partial charge in [0.25, 0.3) is 0 Å². The van der Waals surface area contributed by atoms with Crippen LogP contribution < -0.4 is 9.47 Å². The van der Waals surface area contributed by atoms with E-state index in [-0.39, 0.29) is 22.6 Å². The molecule has 0 aliphatic carbocycles. The first-order valence-electron chi connectivity index (χ1n) is 9.71. The molecule has 2 saturated heterocycles. The van der Waals surface area contributed by atoms with Crippen molar-refractivity contribution in [3.8, 4) is 11.5 Å². The summed E-state index contributed by atoms with van der Waals surface area (Å²) in [5.41, 5.74) is 2.14. The van der Waals surface area contributed by atoms with E-state index < -0.39 is 0 Å². The van der Waals surface area contributed by atoms with Crippen molar-refractivity contribution >= 4 is 35.3 Å². The molecule has 30 heavy (non-hydrogen) atoms. The van der Waals surface area contributed by atoms with Crippen molar-refractivity contribution in [3.05, 3.63) is 59.7 Å². The van der Waals surface area contributed by atoms with Gasteiger partial charge in [-0.15, -0.1) is 23.5 Å². The Morgan fingerprint density at radius 1 is 0.733 bits per heavy atom. The normalized spacial score (nSPS) is 21.4. The van der Waals surface area contributed by atoms with Gasteiger partial charge < -0.3 is 19.3 Å². The number of benzene rings is 2. The lowest BCUT2D eigenvalue weighted by molar-refractivity contribution is -0.132. The molecule has 2 fully saturated rings. The van der Waals surface area contributed by atoms with Crippen LogP contribution in [0.15, 0.2) is 48.5 Å². The Kier molecular flexibility index (Phi) is 6.43. The van der Waals surface area contributed by atoms with Crippen LogP contribution in [0.4, 0.5) is 0 Å². The Morgan fingerprint density at radius 3 is 1.43 bits per heavy atom. The molecule has 0 spiro atoms. The minimum Gasteiger partial charge on any atom is -0.497 e. The fourth-order valence-electron chi connectivity index (χ4n) is 3.70. The van der Waals surface area contributed by atoms with Crippen molar-refractivity contribution < 1.29 is 19.1 Å². The van der Waals surface area contributed by atoms with E-state index in [9.17, 15) is 9.59 Å². The summed E-state index contributed by atoms with van der Waals surface area (Å²) in [6.07, 6.45) is 0.